The van der Waals surface area contributed by atoms with Crippen molar-refractivity contribution in [3.05, 3.63) is 0 Å². The summed E-state index contributed by atoms with van der Waals surface area (Å²) in [5.41, 5.74) is 0. The van der Waals surface area contributed by atoms with Gasteiger partial charge < -0.3 is 19.2 Å². The summed E-state index contributed by atoms with van der Waals surface area (Å²) in [5.74, 6) is 0. The average Bonchev–Trinajstić information content (AvgIpc) is 2.12. The van der Waals surface area contributed by atoms with Crippen molar-refractivity contribution >= 4 is 8.32 Å². The van der Waals surface area contributed by atoms with Crippen molar-refractivity contribution in [1.29, 1.82) is 0 Å². The highest BCUT2D eigenvalue weighted by molar-refractivity contribution is 6.74. The third kappa shape index (κ3) is 4.01. The molecule has 1 N–H and O–H groups in total. The molecule has 1 fully saturated rings. The van der Waals surface area contributed by atoms with Gasteiger partial charge in [-0.15, -0.1) is 0 Å². The fourth-order valence-electron chi connectivity index (χ4n) is 2.45. The molecule has 0 saturated carbocycles. The van der Waals surface area contributed by atoms with Crippen molar-refractivity contribution in [2.75, 3.05) is 14.1 Å². The lowest BCUT2D eigenvalue weighted by Gasteiger charge is -2.47. The van der Waals surface area contributed by atoms with Crippen LogP contribution in [0, 0.1) is 0 Å². The van der Waals surface area contributed by atoms with Crippen molar-refractivity contribution in [2.45, 2.75) is 76.8 Å². The third-order valence-electron chi connectivity index (χ3n) is 4.52. The molecule has 0 spiro atoms. The van der Waals surface area contributed by atoms with Gasteiger partial charge in [-0.2, -0.15) is 0 Å². The zero-order chi connectivity index (χ0) is 15.0. The maximum Gasteiger partial charge on any atom is 0.192 e. The van der Waals surface area contributed by atoms with E-state index in [2.05, 4.69) is 38.8 Å². The minimum Gasteiger partial charge on any atom is -0.412 e. The van der Waals surface area contributed by atoms with Crippen LogP contribution in [-0.4, -0.2) is 57.0 Å². The topological polar surface area (TPSA) is 41.9 Å². The Morgan fingerprint density at radius 3 is 2.21 bits per heavy atom. The quantitative estimate of drug-likeness (QED) is 0.810. The fourth-order valence-corrected chi connectivity index (χ4v) is 3.80. The van der Waals surface area contributed by atoms with Gasteiger partial charge in [0.15, 0.2) is 14.6 Å². The zero-order valence-electron chi connectivity index (χ0n) is 13.7. The molecule has 0 unspecified atom stereocenters. The summed E-state index contributed by atoms with van der Waals surface area (Å²) in [6, 6.07) is 0.192. The van der Waals surface area contributed by atoms with Gasteiger partial charge in [-0.3, -0.25) is 0 Å². The van der Waals surface area contributed by atoms with E-state index in [1.807, 2.05) is 21.0 Å². The van der Waals surface area contributed by atoms with E-state index in [9.17, 15) is 5.11 Å². The smallest absolute Gasteiger partial charge is 0.192 e. The second-order valence-corrected chi connectivity index (χ2v) is 12.2. The van der Waals surface area contributed by atoms with Crippen LogP contribution in [0.4, 0.5) is 0 Å². The lowest BCUT2D eigenvalue weighted by molar-refractivity contribution is -0.206. The molecule has 4 atom stereocenters. The molecule has 114 valence electrons. The molecule has 1 heterocycles. The highest BCUT2D eigenvalue weighted by Gasteiger charge is 2.45. The lowest BCUT2D eigenvalue weighted by atomic mass is 9.99. The van der Waals surface area contributed by atoms with E-state index in [0.29, 0.717) is 6.42 Å². The van der Waals surface area contributed by atoms with Gasteiger partial charge in [-0.25, -0.2) is 0 Å². The van der Waals surface area contributed by atoms with Crippen LogP contribution in [0.25, 0.3) is 0 Å². The minimum atomic E-state index is -1.83. The van der Waals surface area contributed by atoms with Gasteiger partial charge in [0.25, 0.3) is 0 Å². The van der Waals surface area contributed by atoms with Crippen molar-refractivity contribution in [1.82, 2.24) is 4.90 Å². The summed E-state index contributed by atoms with van der Waals surface area (Å²) in [4.78, 5) is 2.15. The summed E-state index contributed by atoms with van der Waals surface area (Å²) < 4.78 is 12.1. The van der Waals surface area contributed by atoms with E-state index in [0.717, 1.165) is 0 Å². The highest BCUT2D eigenvalue weighted by Crippen LogP contribution is 2.39. The molecular formula is C14H31NO3Si. The van der Waals surface area contributed by atoms with Crippen LogP contribution in [0.2, 0.25) is 18.1 Å². The highest BCUT2D eigenvalue weighted by atomic mass is 28.4. The van der Waals surface area contributed by atoms with Crippen LogP contribution in [0.1, 0.15) is 34.1 Å². The lowest BCUT2D eigenvalue weighted by Crippen LogP contribution is -2.58. The number of likely N-dealkylation sites (N-methyl/N-ethyl adjacent to an activating group) is 1. The van der Waals surface area contributed by atoms with Gasteiger partial charge >= 0.3 is 0 Å². The molecule has 0 aromatic heterocycles. The predicted octanol–water partition coefficient (Wildman–Crippen LogP) is 2.43. The number of nitrogens with zero attached hydrogens (tertiary/aromatic N) is 1. The largest absolute Gasteiger partial charge is 0.412 e. The Balaban J connectivity index is 2.89. The molecule has 0 aromatic rings. The number of hydrogen-bond donors (Lipinski definition) is 1. The van der Waals surface area contributed by atoms with Gasteiger partial charge in [-0.1, -0.05) is 20.8 Å². The Kier molecular flexibility index (Phi) is 5.24. The van der Waals surface area contributed by atoms with Gasteiger partial charge in [0.1, 0.15) is 0 Å². The van der Waals surface area contributed by atoms with Crippen LogP contribution < -0.4 is 0 Å². The molecule has 0 aliphatic carbocycles. The Hall–Kier alpha value is 0.0569. The van der Waals surface area contributed by atoms with E-state index in [4.69, 9.17) is 9.16 Å². The van der Waals surface area contributed by atoms with Crippen LogP contribution in [0.5, 0.6) is 0 Å². The number of ether oxygens (including phenoxy) is 1. The molecule has 0 bridgehead atoms. The first-order valence-corrected chi connectivity index (χ1v) is 10.0. The van der Waals surface area contributed by atoms with Crippen LogP contribution >= 0.6 is 0 Å². The minimum absolute atomic E-state index is 0.0199. The van der Waals surface area contributed by atoms with Gasteiger partial charge in [0.2, 0.25) is 0 Å². The summed E-state index contributed by atoms with van der Waals surface area (Å²) in [6.07, 6.45) is -0.135. The van der Waals surface area contributed by atoms with E-state index in [1.54, 1.807) is 0 Å². The molecule has 1 aliphatic rings. The molecule has 0 radical (unpaired) electrons. The van der Waals surface area contributed by atoms with Crippen LogP contribution in [0.15, 0.2) is 0 Å². The van der Waals surface area contributed by atoms with Crippen molar-refractivity contribution in [3.63, 3.8) is 0 Å². The molecule has 1 rings (SSSR count). The van der Waals surface area contributed by atoms with Crippen molar-refractivity contribution < 1.29 is 14.3 Å². The van der Waals surface area contributed by atoms with E-state index in [1.165, 1.54) is 0 Å². The molecule has 5 heteroatoms. The number of hydrogen-bond acceptors (Lipinski definition) is 4. The van der Waals surface area contributed by atoms with Gasteiger partial charge in [0.05, 0.1) is 18.2 Å². The zero-order valence-corrected chi connectivity index (χ0v) is 14.7. The fraction of sp³-hybridized carbons (Fsp3) is 1.00. The average molecular weight is 289 g/mol. The number of aliphatic hydroxyl groups excluding tert-OH is 1. The summed E-state index contributed by atoms with van der Waals surface area (Å²) in [7, 11) is 2.26. The Labute approximate surface area is 119 Å². The molecule has 0 amide bonds. The standard InChI is InChI=1S/C14H31NO3Si/c1-10-13(15(5)6)11(9-12(16)17-10)18-19(7,8)14(2,3)4/h10-13,16H,9H2,1-8H3/t10-,11-,12+,13+/m0/s1. The predicted molar refractivity (Wildman–Crippen MR) is 80.7 cm³/mol. The van der Waals surface area contributed by atoms with Crippen LogP contribution in [-0.2, 0) is 9.16 Å². The first-order chi connectivity index (χ1) is 8.45. The number of rotatable bonds is 3. The Bertz CT molecular complexity index is 302. The SMILES string of the molecule is C[C@@H]1O[C@@H](O)C[C@H](O[Si](C)(C)C(C)(C)C)[C@@H]1N(C)C. The molecule has 0 aromatic carbocycles. The Morgan fingerprint density at radius 1 is 1.26 bits per heavy atom. The van der Waals surface area contributed by atoms with E-state index < -0.39 is 14.6 Å². The molecule has 1 saturated heterocycles. The monoisotopic (exact) mass is 289 g/mol. The molecule has 1 aliphatic heterocycles. The van der Waals surface area contributed by atoms with E-state index in [-0.39, 0.29) is 23.3 Å². The molecular weight excluding hydrogens is 258 g/mol. The Morgan fingerprint density at radius 2 is 1.79 bits per heavy atom. The summed E-state index contributed by atoms with van der Waals surface area (Å²) in [6.45, 7) is 13.2. The third-order valence-corrected chi connectivity index (χ3v) is 9.02. The van der Waals surface area contributed by atoms with Crippen LogP contribution in [0.3, 0.4) is 0 Å². The van der Waals surface area contributed by atoms with Gasteiger partial charge in [-0.05, 0) is 39.2 Å². The molecule has 4 nitrogen and oxygen atoms in total. The first kappa shape index (κ1) is 17.1. The second-order valence-electron chi connectivity index (χ2n) is 7.40. The second kappa shape index (κ2) is 5.82. The maximum atomic E-state index is 9.84. The van der Waals surface area contributed by atoms with E-state index >= 15 is 0 Å². The number of aliphatic hydroxyl groups is 1. The van der Waals surface area contributed by atoms with Crippen molar-refractivity contribution in [3.8, 4) is 0 Å². The summed E-state index contributed by atoms with van der Waals surface area (Å²) in [5, 5.41) is 10.0. The molecule has 19 heavy (non-hydrogen) atoms. The van der Waals surface area contributed by atoms with Crippen molar-refractivity contribution in [2.24, 2.45) is 0 Å². The first-order valence-electron chi connectivity index (χ1n) is 7.13. The van der Waals surface area contributed by atoms with Gasteiger partial charge in [0, 0.05) is 6.42 Å². The summed E-state index contributed by atoms with van der Waals surface area (Å²) >= 11 is 0. The maximum absolute atomic E-state index is 9.84. The normalized spacial score (nSPS) is 33.8.